The van der Waals surface area contributed by atoms with Gasteiger partial charge in [0, 0.05) is 6.54 Å². The van der Waals surface area contributed by atoms with Crippen LogP contribution in [0.25, 0.3) is 0 Å². The fourth-order valence-electron chi connectivity index (χ4n) is 0.737. The molecule has 1 amide bonds. The Morgan fingerprint density at radius 3 is 2.89 bits per heavy atom. The molecule has 0 aromatic carbocycles. The Morgan fingerprint density at radius 2 is 2.67 bits per heavy atom. The first-order valence-corrected chi connectivity index (χ1v) is 2.95. The van der Waals surface area contributed by atoms with Crippen LogP contribution in [0.15, 0.2) is 0 Å². The molecule has 1 aliphatic heterocycles. The molecule has 0 aromatic heterocycles. The minimum atomic E-state index is -0.440. The van der Waals surface area contributed by atoms with E-state index < -0.39 is 6.04 Å². The van der Waals surface area contributed by atoms with Crippen LogP contribution in [0, 0.1) is 0 Å². The minimum Gasteiger partial charge on any atom is -0.318 e. The number of carbonyl (C=O) groups is 1. The number of hydrogen-bond acceptors (Lipinski definition) is 3. The summed E-state index contributed by atoms with van der Waals surface area (Å²) in [6.07, 6.45) is 0. The second-order valence-electron chi connectivity index (χ2n) is 1.94. The molecule has 9 heavy (non-hydrogen) atoms. The van der Waals surface area contributed by atoms with Crippen LogP contribution in [0.5, 0.6) is 0 Å². The van der Waals surface area contributed by atoms with E-state index >= 15 is 0 Å². The Bertz CT molecular complexity index is 126. The third-order valence-corrected chi connectivity index (χ3v) is 1.26. The molecule has 0 aliphatic carbocycles. The van der Waals surface area contributed by atoms with Gasteiger partial charge in [-0.15, -0.1) is 0 Å². The van der Waals surface area contributed by atoms with Crippen molar-refractivity contribution < 1.29 is 9.63 Å². The summed E-state index contributed by atoms with van der Waals surface area (Å²) < 4.78 is 0. The molecule has 1 saturated heterocycles. The van der Waals surface area contributed by atoms with E-state index in [-0.39, 0.29) is 5.91 Å². The monoisotopic (exact) mass is 130 g/mol. The molecule has 0 saturated carbocycles. The second-order valence-corrected chi connectivity index (χ2v) is 1.94. The van der Waals surface area contributed by atoms with Gasteiger partial charge in [-0.25, -0.2) is 5.06 Å². The second kappa shape index (κ2) is 2.33. The van der Waals surface area contributed by atoms with Crippen LogP contribution < -0.4 is 5.73 Å². The molecule has 0 unspecified atom stereocenters. The van der Waals surface area contributed by atoms with E-state index in [0.717, 1.165) is 0 Å². The van der Waals surface area contributed by atoms with Gasteiger partial charge in [-0.05, 0) is 6.92 Å². The summed E-state index contributed by atoms with van der Waals surface area (Å²) in [4.78, 5) is 15.7. The van der Waals surface area contributed by atoms with Crippen LogP contribution in [0.1, 0.15) is 6.92 Å². The number of amides is 1. The summed E-state index contributed by atoms with van der Waals surface area (Å²) in [5.74, 6) is -0.113. The van der Waals surface area contributed by atoms with Crippen molar-refractivity contribution in [3.8, 4) is 0 Å². The van der Waals surface area contributed by atoms with Gasteiger partial charge in [0.05, 0.1) is 6.61 Å². The molecule has 1 fully saturated rings. The maximum Gasteiger partial charge on any atom is 0.265 e. The molecule has 0 radical (unpaired) electrons. The van der Waals surface area contributed by atoms with Crippen LogP contribution in [-0.4, -0.2) is 30.2 Å². The highest BCUT2D eigenvalue weighted by Gasteiger charge is 2.28. The highest BCUT2D eigenvalue weighted by molar-refractivity contribution is 5.82. The quantitative estimate of drug-likeness (QED) is 0.501. The van der Waals surface area contributed by atoms with Gasteiger partial charge in [0.2, 0.25) is 0 Å². The molecular weight excluding hydrogens is 120 g/mol. The van der Waals surface area contributed by atoms with Crippen molar-refractivity contribution in [1.82, 2.24) is 5.06 Å². The fraction of sp³-hybridized carbons (Fsp3) is 0.800. The highest BCUT2D eigenvalue weighted by atomic mass is 16.7. The molecule has 1 aliphatic rings. The Hall–Kier alpha value is -0.610. The van der Waals surface area contributed by atoms with Gasteiger partial charge >= 0.3 is 0 Å². The predicted molar refractivity (Wildman–Crippen MR) is 31.3 cm³/mol. The number of hydroxylamine groups is 2. The summed E-state index contributed by atoms with van der Waals surface area (Å²) in [6, 6.07) is -0.440. The summed E-state index contributed by atoms with van der Waals surface area (Å²) in [6.45, 7) is 2.75. The minimum absolute atomic E-state index is 0.113. The number of carbonyl (C=O) groups excluding carboxylic acids is 1. The van der Waals surface area contributed by atoms with E-state index in [1.165, 1.54) is 5.06 Å². The van der Waals surface area contributed by atoms with Crippen molar-refractivity contribution >= 4 is 5.91 Å². The normalized spacial score (nSPS) is 27.6. The smallest absolute Gasteiger partial charge is 0.265 e. The van der Waals surface area contributed by atoms with Crippen LogP contribution >= 0.6 is 0 Å². The van der Waals surface area contributed by atoms with Gasteiger partial charge in [0.1, 0.15) is 6.04 Å². The average Bonchev–Trinajstić information content (AvgIpc) is 2.15. The highest BCUT2D eigenvalue weighted by Crippen LogP contribution is 2.03. The molecule has 1 atom stereocenters. The Labute approximate surface area is 53.5 Å². The third kappa shape index (κ3) is 1.04. The number of rotatable bonds is 1. The summed E-state index contributed by atoms with van der Waals surface area (Å²) >= 11 is 0. The maximum absolute atomic E-state index is 10.8. The molecule has 1 heterocycles. The van der Waals surface area contributed by atoms with E-state index in [1.54, 1.807) is 0 Å². The lowest BCUT2D eigenvalue weighted by Crippen LogP contribution is -2.34. The molecule has 0 aromatic rings. The number of hydrogen-bond donors (Lipinski definition) is 1. The topological polar surface area (TPSA) is 55.6 Å². The number of nitrogens with two attached hydrogens (primary N) is 1. The van der Waals surface area contributed by atoms with E-state index in [2.05, 4.69) is 0 Å². The summed E-state index contributed by atoms with van der Waals surface area (Å²) in [5.41, 5.74) is 5.33. The Kier molecular flexibility index (Phi) is 1.68. The van der Waals surface area contributed by atoms with Crippen LogP contribution in [0.2, 0.25) is 0 Å². The van der Waals surface area contributed by atoms with Crippen molar-refractivity contribution in [1.29, 1.82) is 0 Å². The molecule has 0 bridgehead atoms. The van der Waals surface area contributed by atoms with Crippen LogP contribution in [-0.2, 0) is 9.63 Å². The lowest BCUT2D eigenvalue weighted by molar-refractivity contribution is -0.160. The first kappa shape index (κ1) is 6.51. The first-order valence-electron chi connectivity index (χ1n) is 2.95. The zero-order chi connectivity index (χ0) is 6.85. The van der Waals surface area contributed by atoms with Gasteiger partial charge in [-0.2, -0.15) is 0 Å². The lowest BCUT2D eigenvalue weighted by atomic mass is 10.3. The molecule has 0 spiro atoms. The van der Waals surface area contributed by atoms with Gasteiger partial charge in [-0.1, -0.05) is 0 Å². The Morgan fingerprint density at radius 1 is 2.00 bits per heavy atom. The third-order valence-electron chi connectivity index (χ3n) is 1.26. The van der Waals surface area contributed by atoms with E-state index in [9.17, 15) is 4.79 Å². The molecule has 1 rings (SSSR count). The van der Waals surface area contributed by atoms with Crippen molar-refractivity contribution in [3.63, 3.8) is 0 Å². The molecule has 2 N–H and O–H groups in total. The van der Waals surface area contributed by atoms with Crippen LogP contribution in [0.4, 0.5) is 0 Å². The number of likely N-dealkylation sites (N-methyl/N-ethyl adjacent to an activating group) is 1. The van der Waals surface area contributed by atoms with E-state index in [0.29, 0.717) is 13.2 Å². The zero-order valence-electron chi connectivity index (χ0n) is 5.33. The van der Waals surface area contributed by atoms with E-state index in [4.69, 9.17) is 10.6 Å². The van der Waals surface area contributed by atoms with Gasteiger partial charge in [0.25, 0.3) is 5.91 Å². The fourth-order valence-corrected chi connectivity index (χ4v) is 0.737. The first-order chi connectivity index (χ1) is 4.25. The van der Waals surface area contributed by atoms with Crippen molar-refractivity contribution in [2.75, 3.05) is 13.2 Å². The van der Waals surface area contributed by atoms with Crippen molar-refractivity contribution in [2.45, 2.75) is 13.0 Å². The molecule has 4 heteroatoms. The molecule has 52 valence electrons. The van der Waals surface area contributed by atoms with Gasteiger partial charge < -0.3 is 5.73 Å². The zero-order valence-corrected chi connectivity index (χ0v) is 5.33. The van der Waals surface area contributed by atoms with Crippen molar-refractivity contribution in [2.24, 2.45) is 5.73 Å². The summed E-state index contributed by atoms with van der Waals surface area (Å²) in [5, 5.41) is 1.28. The van der Waals surface area contributed by atoms with Crippen LogP contribution in [0.3, 0.4) is 0 Å². The summed E-state index contributed by atoms with van der Waals surface area (Å²) in [7, 11) is 0. The molecule has 4 nitrogen and oxygen atoms in total. The predicted octanol–water partition coefficient (Wildman–Crippen LogP) is -0.893. The van der Waals surface area contributed by atoms with Gasteiger partial charge in [-0.3, -0.25) is 9.63 Å². The largest absolute Gasteiger partial charge is 0.318 e. The lowest BCUT2D eigenvalue weighted by Gasteiger charge is -2.08. The SMILES string of the molecule is CCN1OC[C@@H](N)C1=O. The number of nitrogens with zero attached hydrogens (tertiary/aromatic N) is 1. The Balaban J connectivity index is 2.51. The van der Waals surface area contributed by atoms with Crippen molar-refractivity contribution in [3.05, 3.63) is 0 Å². The van der Waals surface area contributed by atoms with E-state index in [1.807, 2.05) is 6.92 Å². The molecular formula is C5H10N2O2. The van der Waals surface area contributed by atoms with Gasteiger partial charge in [0.15, 0.2) is 0 Å². The maximum atomic E-state index is 10.8. The standard InChI is InChI=1S/C5H10N2O2/c1-2-7-5(8)4(6)3-9-7/h4H,2-3,6H2,1H3/t4-/m1/s1. The average molecular weight is 130 g/mol.